The van der Waals surface area contributed by atoms with Crippen molar-refractivity contribution in [1.82, 2.24) is 0 Å². The second kappa shape index (κ2) is 7.18. The summed E-state index contributed by atoms with van der Waals surface area (Å²) in [6.45, 7) is 2.98. The summed E-state index contributed by atoms with van der Waals surface area (Å²) in [7, 11) is 0. The molecule has 0 amide bonds. The molecule has 0 saturated carbocycles. The Bertz CT molecular complexity index is 613. The van der Waals surface area contributed by atoms with Crippen LogP contribution in [-0.4, -0.2) is 11.5 Å². The van der Waals surface area contributed by atoms with Crippen molar-refractivity contribution in [1.29, 1.82) is 0 Å². The maximum Gasteiger partial charge on any atom is 0.135 e. The van der Waals surface area contributed by atoms with E-state index in [-0.39, 0.29) is 16.4 Å². The van der Waals surface area contributed by atoms with Gasteiger partial charge in [0.15, 0.2) is 0 Å². The Morgan fingerprint density at radius 2 is 1.86 bits per heavy atom. The lowest BCUT2D eigenvalue weighted by Crippen LogP contribution is -2.19. The number of halogens is 1. The van der Waals surface area contributed by atoms with Crippen LogP contribution in [0.4, 0.5) is 15.8 Å². The SMILES string of the molecule is CCCCN(c1ccccc1)c1ccc(C(N)=S)c(F)c1. The molecule has 110 valence electrons. The van der Waals surface area contributed by atoms with Crippen LogP contribution in [0.5, 0.6) is 0 Å². The van der Waals surface area contributed by atoms with E-state index in [1.807, 2.05) is 36.4 Å². The first-order chi connectivity index (χ1) is 10.1. The molecule has 0 aliphatic heterocycles. The van der Waals surface area contributed by atoms with E-state index < -0.39 is 0 Å². The molecule has 21 heavy (non-hydrogen) atoms. The molecule has 0 radical (unpaired) electrons. The lowest BCUT2D eigenvalue weighted by molar-refractivity contribution is 0.625. The number of thiocarbonyl (C=S) groups is 1. The van der Waals surface area contributed by atoms with Crippen molar-refractivity contribution in [2.75, 3.05) is 11.4 Å². The summed E-state index contributed by atoms with van der Waals surface area (Å²) in [5.74, 6) is -0.377. The molecule has 2 nitrogen and oxygen atoms in total. The van der Waals surface area contributed by atoms with E-state index in [4.69, 9.17) is 18.0 Å². The molecule has 0 atom stereocenters. The van der Waals surface area contributed by atoms with Gasteiger partial charge in [-0.2, -0.15) is 0 Å². The zero-order valence-electron chi connectivity index (χ0n) is 12.1. The van der Waals surface area contributed by atoms with Gasteiger partial charge in [0.25, 0.3) is 0 Å². The lowest BCUT2D eigenvalue weighted by Gasteiger charge is -2.25. The van der Waals surface area contributed by atoms with Crippen LogP contribution < -0.4 is 10.6 Å². The molecule has 0 saturated heterocycles. The van der Waals surface area contributed by atoms with E-state index in [0.29, 0.717) is 0 Å². The van der Waals surface area contributed by atoms with Crippen molar-refractivity contribution in [3.05, 3.63) is 59.9 Å². The number of benzene rings is 2. The van der Waals surface area contributed by atoms with Crippen LogP contribution in [0.15, 0.2) is 48.5 Å². The second-order valence-corrected chi connectivity index (χ2v) is 5.31. The van der Waals surface area contributed by atoms with Gasteiger partial charge < -0.3 is 10.6 Å². The topological polar surface area (TPSA) is 29.3 Å². The van der Waals surface area contributed by atoms with Crippen LogP contribution in [0.25, 0.3) is 0 Å². The fraction of sp³-hybridized carbons (Fsp3) is 0.235. The number of nitrogens with two attached hydrogens (primary N) is 1. The Labute approximate surface area is 130 Å². The van der Waals surface area contributed by atoms with Crippen LogP contribution in [0.3, 0.4) is 0 Å². The molecular formula is C17H19FN2S. The molecule has 0 fully saturated rings. The van der Waals surface area contributed by atoms with Crippen molar-refractivity contribution in [3.63, 3.8) is 0 Å². The molecule has 0 bridgehead atoms. The van der Waals surface area contributed by atoms with Crippen LogP contribution in [-0.2, 0) is 0 Å². The molecule has 0 unspecified atom stereocenters. The van der Waals surface area contributed by atoms with Gasteiger partial charge in [-0.15, -0.1) is 0 Å². The highest BCUT2D eigenvalue weighted by Crippen LogP contribution is 2.27. The number of unbranched alkanes of at least 4 members (excludes halogenated alkanes) is 1. The highest BCUT2D eigenvalue weighted by Gasteiger charge is 2.12. The first kappa shape index (κ1) is 15.4. The third-order valence-corrected chi connectivity index (χ3v) is 3.55. The number of nitrogens with zero attached hydrogens (tertiary/aromatic N) is 1. The smallest absolute Gasteiger partial charge is 0.135 e. The zero-order chi connectivity index (χ0) is 15.2. The average molecular weight is 302 g/mol. The minimum Gasteiger partial charge on any atom is -0.389 e. The first-order valence-corrected chi connectivity index (χ1v) is 7.46. The lowest BCUT2D eigenvalue weighted by atomic mass is 10.1. The fourth-order valence-electron chi connectivity index (χ4n) is 2.20. The van der Waals surface area contributed by atoms with Crippen LogP contribution >= 0.6 is 12.2 Å². The number of hydrogen-bond donors (Lipinski definition) is 1. The number of anilines is 2. The molecule has 0 aromatic heterocycles. The summed E-state index contributed by atoms with van der Waals surface area (Å²) < 4.78 is 14.1. The van der Waals surface area contributed by atoms with Gasteiger partial charge in [-0.1, -0.05) is 43.8 Å². The summed E-state index contributed by atoms with van der Waals surface area (Å²) in [6.07, 6.45) is 2.12. The summed E-state index contributed by atoms with van der Waals surface area (Å²) in [5.41, 5.74) is 7.66. The molecule has 2 rings (SSSR count). The fourth-order valence-corrected chi connectivity index (χ4v) is 2.37. The molecule has 0 heterocycles. The number of rotatable bonds is 6. The van der Waals surface area contributed by atoms with E-state index in [9.17, 15) is 4.39 Å². The van der Waals surface area contributed by atoms with Crippen LogP contribution in [0, 0.1) is 5.82 Å². The van der Waals surface area contributed by atoms with Crippen molar-refractivity contribution in [3.8, 4) is 0 Å². The molecule has 0 spiro atoms. The Morgan fingerprint density at radius 3 is 2.43 bits per heavy atom. The van der Waals surface area contributed by atoms with Crippen molar-refractivity contribution in [2.45, 2.75) is 19.8 Å². The van der Waals surface area contributed by atoms with E-state index in [1.54, 1.807) is 6.07 Å². The molecule has 4 heteroatoms. The largest absolute Gasteiger partial charge is 0.389 e. The minimum atomic E-state index is -0.377. The molecular weight excluding hydrogens is 283 g/mol. The van der Waals surface area contributed by atoms with Crippen molar-refractivity contribution in [2.24, 2.45) is 5.73 Å². The minimum absolute atomic E-state index is 0.0823. The molecule has 0 aliphatic rings. The zero-order valence-corrected chi connectivity index (χ0v) is 12.9. The summed E-state index contributed by atoms with van der Waals surface area (Å²) >= 11 is 4.85. The van der Waals surface area contributed by atoms with E-state index >= 15 is 0 Å². The normalized spacial score (nSPS) is 10.4. The Hall–Kier alpha value is -1.94. The predicted octanol–water partition coefficient (Wildman–Crippen LogP) is 4.40. The molecule has 0 aliphatic carbocycles. The molecule has 2 aromatic carbocycles. The average Bonchev–Trinajstić information content (AvgIpc) is 2.48. The maximum absolute atomic E-state index is 14.1. The second-order valence-electron chi connectivity index (χ2n) is 4.87. The van der Waals surface area contributed by atoms with Gasteiger partial charge in [-0.05, 0) is 36.8 Å². The van der Waals surface area contributed by atoms with E-state index in [2.05, 4.69) is 11.8 Å². The maximum atomic E-state index is 14.1. The number of hydrogen-bond acceptors (Lipinski definition) is 2. The first-order valence-electron chi connectivity index (χ1n) is 7.05. The third-order valence-electron chi connectivity index (χ3n) is 3.33. The monoisotopic (exact) mass is 302 g/mol. The van der Waals surface area contributed by atoms with Gasteiger partial charge in [0, 0.05) is 23.5 Å². The number of para-hydroxylation sites is 1. The predicted molar refractivity (Wildman–Crippen MR) is 90.6 cm³/mol. The van der Waals surface area contributed by atoms with Gasteiger partial charge in [0.2, 0.25) is 0 Å². The van der Waals surface area contributed by atoms with Crippen molar-refractivity contribution < 1.29 is 4.39 Å². The van der Waals surface area contributed by atoms with Gasteiger partial charge in [0.1, 0.15) is 10.8 Å². The summed E-state index contributed by atoms with van der Waals surface area (Å²) in [6, 6.07) is 15.0. The Balaban J connectivity index is 2.37. The molecule has 2 aromatic rings. The van der Waals surface area contributed by atoms with Crippen LogP contribution in [0.1, 0.15) is 25.3 Å². The summed E-state index contributed by atoms with van der Waals surface area (Å²) in [5, 5.41) is 0. The van der Waals surface area contributed by atoms with E-state index in [1.165, 1.54) is 6.07 Å². The van der Waals surface area contributed by atoms with Crippen LogP contribution in [0.2, 0.25) is 0 Å². The highest BCUT2D eigenvalue weighted by atomic mass is 32.1. The van der Waals surface area contributed by atoms with Crippen molar-refractivity contribution >= 4 is 28.6 Å². The van der Waals surface area contributed by atoms with E-state index in [0.717, 1.165) is 30.8 Å². The quantitative estimate of drug-likeness (QED) is 0.802. The van der Waals surface area contributed by atoms with Gasteiger partial charge in [-0.3, -0.25) is 0 Å². The third kappa shape index (κ3) is 3.79. The standard InChI is InChI=1S/C17H19FN2S/c1-2-3-11-20(13-7-5-4-6-8-13)14-9-10-15(17(19)21)16(18)12-14/h4-10,12H,2-3,11H2,1H3,(H2,19,21). The van der Waals surface area contributed by atoms with Gasteiger partial charge >= 0.3 is 0 Å². The molecule has 2 N–H and O–H groups in total. The highest BCUT2D eigenvalue weighted by molar-refractivity contribution is 7.80. The Kier molecular flexibility index (Phi) is 5.28. The Morgan fingerprint density at radius 1 is 1.14 bits per heavy atom. The van der Waals surface area contributed by atoms with Gasteiger partial charge in [0.05, 0.1) is 0 Å². The van der Waals surface area contributed by atoms with Gasteiger partial charge in [-0.25, -0.2) is 4.39 Å². The summed E-state index contributed by atoms with van der Waals surface area (Å²) in [4.78, 5) is 2.19.